The Hall–Kier alpha value is -2.10. The molecule has 0 saturated heterocycles. The Kier molecular flexibility index (Phi) is 7.76. The van der Waals surface area contributed by atoms with Gasteiger partial charge in [-0.1, -0.05) is 25.4 Å². The first-order valence-corrected chi connectivity index (χ1v) is 12.6. The quantitative estimate of drug-likeness (QED) is 0.498. The number of amides is 1. The zero-order valence-electron chi connectivity index (χ0n) is 18.1. The van der Waals surface area contributed by atoms with Crippen LogP contribution in [0.4, 0.5) is 18.9 Å². The molecule has 1 aliphatic rings. The van der Waals surface area contributed by atoms with E-state index >= 15 is 0 Å². The van der Waals surface area contributed by atoms with Crippen molar-refractivity contribution in [2.45, 2.75) is 55.8 Å². The van der Waals surface area contributed by atoms with Crippen molar-refractivity contribution in [2.24, 2.45) is 11.8 Å². The van der Waals surface area contributed by atoms with Gasteiger partial charge in [-0.25, -0.2) is 21.6 Å². The zero-order valence-corrected chi connectivity index (χ0v) is 19.7. The van der Waals surface area contributed by atoms with Gasteiger partial charge in [0.2, 0.25) is 0 Å². The van der Waals surface area contributed by atoms with Crippen molar-refractivity contribution in [1.29, 1.82) is 0 Å². The number of hydrogen-bond acceptors (Lipinski definition) is 4. The number of hydrogen-bond donors (Lipinski definition) is 2. The molecule has 2 aromatic rings. The van der Waals surface area contributed by atoms with Gasteiger partial charge < -0.3 is 10.4 Å². The number of carbonyl (C=O) groups excluding carboxylic acids is 1. The molecule has 0 aliphatic heterocycles. The van der Waals surface area contributed by atoms with Crippen LogP contribution in [0.15, 0.2) is 35.2 Å². The highest BCUT2D eigenvalue weighted by Crippen LogP contribution is 2.42. The largest absolute Gasteiger partial charge is 0.393 e. The van der Waals surface area contributed by atoms with Crippen LogP contribution in [0, 0.1) is 29.3 Å². The Morgan fingerprint density at radius 3 is 2.42 bits per heavy atom. The van der Waals surface area contributed by atoms with Crippen LogP contribution in [0.25, 0.3) is 0 Å². The summed E-state index contributed by atoms with van der Waals surface area (Å²) in [6.07, 6.45) is 1.59. The topological polar surface area (TPSA) is 83.5 Å². The van der Waals surface area contributed by atoms with Crippen molar-refractivity contribution >= 4 is 33.0 Å². The Morgan fingerprint density at radius 1 is 1.18 bits per heavy atom. The summed E-state index contributed by atoms with van der Waals surface area (Å²) in [4.78, 5) is 12.4. The average Bonchev–Trinajstić information content (AvgIpc) is 3.12. The Bertz CT molecular complexity index is 1140. The zero-order chi connectivity index (χ0) is 24.5. The van der Waals surface area contributed by atoms with Crippen LogP contribution in [-0.2, 0) is 9.84 Å². The SMILES string of the molecule is CC[C@H](O)CC1CCC(C)[C@@H]1S(=O)(=O)c1cc(C(=O)Nc2cc(F)c(F)c(F)c2)ccc1Cl. The molecule has 3 rings (SSSR count). The minimum absolute atomic E-state index is 0.0562. The lowest BCUT2D eigenvalue weighted by Gasteiger charge is -2.25. The molecule has 0 aromatic heterocycles. The maximum absolute atomic E-state index is 13.6. The summed E-state index contributed by atoms with van der Waals surface area (Å²) in [5.41, 5.74) is -0.423. The molecule has 1 amide bonds. The predicted molar refractivity (Wildman–Crippen MR) is 119 cm³/mol. The molecule has 5 nitrogen and oxygen atoms in total. The number of nitrogens with one attached hydrogen (secondary N) is 1. The molecule has 0 radical (unpaired) electrons. The summed E-state index contributed by atoms with van der Waals surface area (Å²) >= 11 is 6.21. The van der Waals surface area contributed by atoms with Gasteiger partial charge in [0.15, 0.2) is 27.3 Å². The second kappa shape index (κ2) is 10.0. The molecule has 0 spiro atoms. The minimum atomic E-state index is -3.96. The molecule has 0 heterocycles. The molecule has 180 valence electrons. The highest BCUT2D eigenvalue weighted by Gasteiger charge is 2.44. The van der Waals surface area contributed by atoms with E-state index in [1.807, 2.05) is 13.8 Å². The van der Waals surface area contributed by atoms with E-state index in [1.54, 1.807) is 0 Å². The molecule has 2 N–H and O–H groups in total. The van der Waals surface area contributed by atoms with E-state index in [-0.39, 0.29) is 33.0 Å². The third kappa shape index (κ3) is 5.36. The van der Waals surface area contributed by atoms with Crippen molar-refractivity contribution < 1.29 is 31.5 Å². The van der Waals surface area contributed by atoms with Gasteiger partial charge in [-0.15, -0.1) is 0 Å². The van der Waals surface area contributed by atoms with Crippen molar-refractivity contribution in [1.82, 2.24) is 0 Å². The lowest BCUT2D eigenvalue weighted by Crippen LogP contribution is -2.32. The van der Waals surface area contributed by atoms with E-state index in [9.17, 15) is 31.5 Å². The number of benzene rings is 2. The van der Waals surface area contributed by atoms with Crippen LogP contribution in [0.2, 0.25) is 5.02 Å². The second-order valence-corrected chi connectivity index (χ2v) is 11.0. The Balaban J connectivity index is 1.92. The fraction of sp³-hybridized carbons (Fsp3) is 0.435. The molecule has 2 unspecified atom stereocenters. The number of aliphatic hydroxyl groups excluding tert-OH is 1. The predicted octanol–water partition coefficient (Wildman–Crippen LogP) is 5.36. The van der Waals surface area contributed by atoms with E-state index in [2.05, 4.69) is 5.32 Å². The third-order valence-electron chi connectivity index (χ3n) is 6.16. The summed E-state index contributed by atoms with van der Waals surface area (Å²) in [6.45, 7) is 3.66. The molecule has 33 heavy (non-hydrogen) atoms. The molecule has 1 saturated carbocycles. The Labute approximate surface area is 195 Å². The Morgan fingerprint density at radius 2 is 1.82 bits per heavy atom. The second-order valence-electron chi connectivity index (χ2n) is 8.48. The van der Waals surface area contributed by atoms with Gasteiger partial charge in [-0.2, -0.15) is 0 Å². The van der Waals surface area contributed by atoms with E-state index in [0.717, 1.165) is 6.07 Å². The molecular weight excluding hydrogens is 479 g/mol. The van der Waals surface area contributed by atoms with Gasteiger partial charge in [0, 0.05) is 23.4 Å². The van der Waals surface area contributed by atoms with Crippen molar-refractivity contribution in [2.75, 3.05) is 5.32 Å². The van der Waals surface area contributed by atoms with Gasteiger partial charge in [0.05, 0.1) is 21.3 Å². The van der Waals surface area contributed by atoms with Gasteiger partial charge in [-0.3, -0.25) is 4.79 Å². The lowest BCUT2D eigenvalue weighted by molar-refractivity contribution is 0.102. The van der Waals surface area contributed by atoms with E-state index < -0.39 is 44.5 Å². The van der Waals surface area contributed by atoms with Crippen LogP contribution in [0.3, 0.4) is 0 Å². The highest BCUT2D eigenvalue weighted by molar-refractivity contribution is 7.92. The maximum atomic E-state index is 13.6. The fourth-order valence-corrected chi connectivity index (χ4v) is 7.30. The highest BCUT2D eigenvalue weighted by atomic mass is 35.5. The van der Waals surface area contributed by atoms with Crippen molar-refractivity contribution in [3.8, 4) is 0 Å². The molecular formula is C23H25ClF3NO4S. The van der Waals surface area contributed by atoms with Gasteiger partial charge in [0.1, 0.15) is 0 Å². The summed E-state index contributed by atoms with van der Waals surface area (Å²) in [7, 11) is -3.96. The molecule has 2 aromatic carbocycles. The van der Waals surface area contributed by atoms with Crippen molar-refractivity contribution in [3.05, 3.63) is 58.4 Å². The number of sulfone groups is 1. The van der Waals surface area contributed by atoms with Crippen LogP contribution in [0.1, 0.15) is 49.9 Å². The smallest absolute Gasteiger partial charge is 0.255 e. The number of anilines is 1. The summed E-state index contributed by atoms with van der Waals surface area (Å²) in [6, 6.07) is 4.91. The summed E-state index contributed by atoms with van der Waals surface area (Å²) < 4.78 is 67.2. The van der Waals surface area contributed by atoms with Crippen LogP contribution in [0.5, 0.6) is 0 Å². The lowest BCUT2D eigenvalue weighted by atomic mass is 9.97. The summed E-state index contributed by atoms with van der Waals surface area (Å²) in [5, 5.41) is 11.5. The maximum Gasteiger partial charge on any atom is 0.255 e. The van der Waals surface area contributed by atoms with E-state index in [1.165, 1.54) is 12.1 Å². The molecule has 1 aliphatic carbocycles. The van der Waals surface area contributed by atoms with Crippen LogP contribution >= 0.6 is 11.6 Å². The first-order valence-electron chi connectivity index (χ1n) is 10.6. The van der Waals surface area contributed by atoms with Crippen LogP contribution < -0.4 is 5.32 Å². The monoisotopic (exact) mass is 503 g/mol. The molecule has 0 bridgehead atoms. The third-order valence-corrected chi connectivity index (χ3v) is 9.12. The van der Waals surface area contributed by atoms with Crippen molar-refractivity contribution in [3.63, 3.8) is 0 Å². The minimum Gasteiger partial charge on any atom is -0.393 e. The number of aliphatic hydroxyl groups is 1. The van der Waals surface area contributed by atoms with Gasteiger partial charge in [0.25, 0.3) is 5.91 Å². The molecule has 4 atom stereocenters. The standard InChI is InChI=1S/C23H25ClF3NO4S/c1-3-16(29)8-13-5-4-12(2)22(13)33(31,32)20-9-14(6-7-17(20)24)23(30)28-15-10-18(25)21(27)19(26)11-15/h6-7,9-13,16,22,29H,3-5,8H2,1-2H3,(H,28,30)/t12?,13?,16-,22-/m0/s1. The van der Waals surface area contributed by atoms with E-state index in [0.29, 0.717) is 37.8 Å². The number of carbonyl (C=O) groups is 1. The van der Waals surface area contributed by atoms with Crippen LogP contribution in [-0.4, -0.2) is 30.8 Å². The molecule has 10 heteroatoms. The number of rotatable bonds is 7. The molecule has 1 fully saturated rings. The first kappa shape index (κ1) is 25.5. The fourth-order valence-electron chi connectivity index (χ4n) is 4.44. The number of halogens is 4. The van der Waals surface area contributed by atoms with E-state index in [4.69, 9.17) is 11.6 Å². The average molecular weight is 504 g/mol. The first-order chi connectivity index (χ1) is 15.4. The van der Waals surface area contributed by atoms with Gasteiger partial charge >= 0.3 is 0 Å². The van der Waals surface area contributed by atoms with Gasteiger partial charge in [-0.05, 0) is 55.7 Å². The normalized spacial score (nSPS) is 21.7. The summed E-state index contributed by atoms with van der Waals surface area (Å²) in [5.74, 6) is -5.87.